The maximum absolute atomic E-state index is 12.7. The molecule has 2 rings (SSSR count). The number of aryl methyl sites for hydroxylation is 2. The lowest BCUT2D eigenvalue weighted by atomic mass is 10.1. The Labute approximate surface area is 128 Å². The average Bonchev–Trinajstić information content (AvgIpc) is 3.18. The van der Waals surface area contributed by atoms with Crippen LogP contribution < -0.4 is 10.5 Å². The van der Waals surface area contributed by atoms with E-state index < -0.39 is 10.0 Å². The number of nitrogens with one attached hydrogen (secondary N) is 1. The second kappa shape index (κ2) is 5.97. The van der Waals surface area contributed by atoms with Crippen molar-refractivity contribution in [3.63, 3.8) is 0 Å². The van der Waals surface area contributed by atoms with Crippen LogP contribution in [0.5, 0.6) is 0 Å². The minimum absolute atomic E-state index is 0.0174. The third-order valence-electron chi connectivity index (χ3n) is 4.36. The molecule has 1 aromatic carbocycles. The maximum atomic E-state index is 12.7. The van der Waals surface area contributed by atoms with Crippen LogP contribution in [0.2, 0.25) is 0 Å². The van der Waals surface area contributed by atoms with Gasteiger partial charge in [-0.1, -0.05) is 25.8 Å². The van der Waals surface area contributed by atoms with E-state index in [1.165, 1.54) is 12.8 Å². The largest absolute Gasteiger partial charge is 0.398 e. The average molecular weight is 310 g/mol. The van der Waals surface area contributed by atoms with Crippen LogP contribution in [0, 0.1) is 26.7 Å². The number of rotatable bonds is 6. The Morgan fingerprint density at radius 2 is 1.90 bits per heavy atom. The molecule has 0 amide bonds. The number of nitrogen functional groups attached to an aromatic ring is 1. The van der Waals surface area contributed by atoms with Gasteiger partial charge in [0.2, 0.25) is 10.0 Å². The van der Waals surface area contributed by atoms with E-state index in [1.807, 2.05) is 26.8 Å². The highest BCUT2D eigenvalue weighted by Crippen LogP contribution is 2.35. The van der Waals surface area contributed by atoms with Gasteiger partial charge in [-0.3, -0.25) is 0 Å². The first-order valence-electron chi connectivity index (χ1n) is 7.64. The van der Waals surface area contributed by atoms with Crippen LogP contribution in [-0.4, -0.2) is 14.5 Å². The fraction of sp³-hybridized carbons (Fsp3) is 0.625. The Kier molecular flexibility index (Phi) is 4.63. The highest BCUT2D eigenvalue weighted by molar-refractivity contribution is 7.89. The normalized spacial score (nSPS) is 17.0. The van der Waals surface area contributed by atoms with Crippen LogP contribution in [0.1, 0.15) is 49.3 Å². The van der Waals surface area contributed by atoms with E-state index in [-0.39, 0.29) is 6.04 Å². The molecule has 0 bridgehead atoms. The molecule has 1 aromatic rings. The van der Waals surface area contributed by atoms with E-state index in [9.17, 15) is 8.42 Å². The molecule has 1 fully saturated rings. The summed E-state index contributed by atoms with van der Waals surface area (Å²) < 4.78 is 28.4. The van der Waals surface area contributed by atoms with E-state index in [0.717, 1.165) is 24.0 Å². The van der Waals surface area contributed by atoms with Crippen molar-refractivity contribution in [2.75, 3.05) is 5.73 Å². The molecule has 0 saturated heterocycles. The van der Waals surface area contributed by atoms with Gasteiger partial charge in [0.25, 0.3) is 0 Å². The topological polar surface area (TPSA) is 72.2 Å². The lowest BCUT2D eigenvalue weighted by Crippen LogP contribution is -2.35. The number of sulfonamides is 1. The minimum Gasteiger partial charge on any atom is -0.398 e. The predicted molar refractivity (Wildman–Crippen MR) is 86.8 cm³/mol. The van der Waals surface area contributed by atoms with Gasteiger partial charge in [0.15, 0.2) is 0 Å². The number of nitrogens with two attached hydrogens (primary N) is 1. The molecule has 21 heavy (non-hydrogen) atoms. The van der Waals surface area contributed by atoms with Crippen molar-refractivity contribution in [3.8, 4) is 0 Å². The first kappa shape index (κ1) is 16.3. The molecule has 3 N–H and O–H groups in total. The SMILES string of the molecule is CCC(CC1CC1)NS(=O)(=O)c1c(C)cc(C)c(N)c1C. The maximum Gasteiger partial charge on any atom is 0.241 e. The van der Waals surface area contributed by atoms with Gasteiger partial charge in [0.05, 0.1) is 4.90 Å². The van der Waals surface area contributed by atoms with Gasteiger partial charge in [-0.2, -0.15) is 0 Å². The van der Waals surface area contributed by atoms with E-state index >= 15 is 0 Å². The molecule has 5 heteroatoms. The van der Waals surface area contributed by atoms with Gasteiger partial charge in [0, 0.05) is 11.7 Å². The van der Waals surface area contributed by atoms with Gasteiger partial charge >= 0.3 is 0 Å². The summed E-state index contributed by atoms with van der Waals surface area (Å²) in [6.07, 6.45) is 4.21. The first-order valence-corrected chi connectivity index (χ1v) is 9.13. The monoisotopic (exact) mass is 310 g/mol. The number of hydrogen-bond donors (Lipinski definition) is 2. The Bertz CT molecular complexity index is 634. The molecule has 0 radical (unpaired) electrons. The van der Waals surface area contributed by atoms with Gasteiger partial charge in [-0.05, 0) is 56.2 Å². The molecule has 1 atom stereocenters. The molecular formula is C16H26N2O2S. The molecule has 0 aromatic heterocycles. The van der Waals surface area contributed by atoms with Crippen molar-refractivity contribution in [2.24, 2.45) is 5.92 Å². The van der Waals surface area contributed by atoms with Crippen LogP contribution in [0.25, 0.3) is 0 Å². The van der Waals surface area contributed by atoms with Gasteiger partial charge in [0.1, 0.15) is 0 Å². The van der Waals surface area contributed by atoms with Gasteiger partial charge in [-0.15, -0.1) is 0 Å². The molecule has 0 aliphatic heterocycles. The van der Waals surface area contributed by atoms with Gasteiger partial charge < -0.3 is 5.73 Å². The summed E-state index contributed by atoms with van der Waals surface area (Å²) in [5, 5.41) is 0. The highest BCUT2D eigenvalue weighted by atomic mass is 32.2. The van der Waals surface area contributed by atoms with Crippen LogP contribution >= 0.6 is 0 Å². The quantitative estimate of drug-likeness (QED) is 0.793. The van der Waals surface area contributed by atoms with Crippen LogP contribution in [0.4, 0.5) is 5.69 Å². The fourth-order valence-corrected chi connectivity index (χ4v) is 4.74. The summed E-state index contributed by atoms with van der Waals surface area (Å²) in [5.41, 5.74) is 8.91. The number of benzene rings is 1. The van der Waals surface area contributed by atoms with Crippen molar-refractivity contribution in [1.29, 1.82) is 0 Å². The zero-order valence-electron chi connectivity index (χ0n) is 13.4. The Morgan fingerprint density at radius 3 is 2.43 bits per heavy atom. The zero-order valence-corrected chi connectivity index (χ0v) is 14.2. The van der Waals surface area contributed by atoms with Crippen molar-refractivity contribution in [3.05, 3.63) is 22.8 Å². The molecule has 1 aliphatic carbocycles. The first-order chi connectivity index (χ1) is 9.76. The predicted octanol–water partition coefficient (Wildman–Crippen LogP) is 3.05. The molecule has 1 saturated carbocycles. The van der Waals surface area contributed by atoms with Crippen LogP contribution in [0.15, 0.2) is 11.0 Å². The van der Waals surface area contributed by atoms with Crippen LogP contribution in [-0.2, 0) is 10.0 Å². The van der Waals surface area contributed by atoms with E-state index in [1.54, 1.807) is 6.92 Å². The summed E-state index contributed by atoms with van der Waals surface area (Å²) in [6, 6.07) is 1.86. The lowest BCUT2D eigenvalue weighted by molar-refractivity contribution is 0.495. The molecule has 0 spiro atoms. The third kappa shape index (κ3) is 3.58. The molecule has 1 unspecified atom stereocenters. The third-order valence-corrected chi connectivity index (χ3v) is 6.17. The van der Waals surface area contributed by atoms with Crippen molar-refractivity contribution < 1.29 is 8.42 Å². The second-order valence-corrected chi connectivity index (χ2v) is 7.93. The van der Waals surface area contributed by atoms with E-state index in [2.05, 4.69) is 4.72 Å². The van der Waals surface area contributed by atoms with E-state index in [4.69, 9.17) is 5.73 Å². The zero-order chi connectivity index (χ0) is 15.8. The van der Waals surface area contributed by atoms with Crippen molar-refractivity contribution in [2.45, 2.75) is 64.3 Å². The summed E-state index contributed by atoms with van der Waals surface area (Å²) >= 11 is 0. The standard InChI is InChI=1S/C16H26N2O2S/c1-5-14(9-13-6-7-13)18-21(19,20)16-11(3)8-10(2)15(17)12(16)4/h8,13-14,18H,5-7,9,17H2,1-4H3. The Morgan fingerprint density at radius 1 is 1.29 bits per heavy atom. The highest BCUT2D eigenvalue weighted by Gasteiger charge is 2.29. The smallest absolute Gasteiger partial charge is 0.241 e. The van der Waals surface area contributed by atoms with Gasteiger partial charge in [-0.25, -0.2) is 13.1 Å². The molecular weight excluding hydrogens is 284 g/mol. The van der Waals surface area contributed by atoms with Crippen LogP contribution in [0.3, 0.4) is 0 Å². The molecule has 118 valence electrons. The Balaban J connectivity index is 2.32. The fourth-order valence-electron chi connectivity index (χ4n) is 2.93. The molecule has 4 nitrogen and oxygen atoms in total. The summed E-state index contributed by atoms with van der Waals surface area (Å²) in [6.45, 7) is 7.54. The van der Waals surface area contributed by atoms with Crippen molar-refractivity contribution >= 4 is 15.7 Å². The summed E-state index contributed by atoms with van der Waals surface area (Å²) in [4.78, 5) is 0.347. The summed E-state index contributed by atoms with van der Waals surface area (Å²) in [5.74, 6) is 0.697. The second-order valence-electron chi connectivity index (χ2n) is 6.28. The van der Waals surface area contributed by atoms with E-state index in [0.29, 0.717) is 22.1 Å². The Hall–Kier alpha value is -1.07. The molecule has 0 heterocycles. The summed E-state index contributed by atoms with van der Waals surface area (Å²) in [7, 11) is -3.52. The molecule has 1 aliphatic rings. The minimum atomic E-state index is -3.52. The number of anilines is 1. The lowest BCUT2D eigenvalue weighted by Gasteiger charge is -2.20. The van der Waals surface area contributed by atoms with Crippen molar-refractivity contribution in [1.82, 2.24) is 4.72 Å². The number of hydrogen-bond acceptors (Lipinski definition) is 3.